The molecule has 3 rings (SSSR count). The van der Waals surface area contributed by atoms with E-state index in [0.717, 1.165) is 16.7 Å². The summed E-state index contributed by atoms with van der Waals surface area (Å²) >= 11 is 0.745. The predicted molar refractivity (Wildman–Crippen MR) is 95.8 cm³/mol. The Hall–Kier alpha value is -2.07. The van der Waals surface area contributed by atoms with Crippen LogP contribution < -0.4 is 0 Å². The van der Waals surface area contributed by atoms with E-state index in [0.29, 0.717) is 18.7 Å². The summed E-state index contributed by atoms with van der Waals surface area (Å²) in [7, 11) is -3.14. The fourth-order valence-corrected chi connectivity index (χ4v) is 5.57. The Balaban J connectivity index is 1.70. The van der Waals surface area contributed by atoms with Crippen LogP contribution in [0.15, 0.2) is 27.7 Å². The van der Waals surface area contributed by atoms with Crippen molar-refractivity contribution in [3.63, 3.8) is 0 Å². The van der Waals surface area contributed by atoms with E-state index in [1.807, 2.05) is 0 Å². The molecule has 1 aromatic rings. The monoisotopic (exact) mass is 398 g/mol. The Morgan fingerprint density at radius 1 is 1.46 bits per heavy atom. The highest BCUT2D eigenvalue weighted by Crippen LogP contribution is 2.32. The fraction of sp³-hybridized carbons (Fsp3) is 0.438. The molecule has 2 aliphatic rings. The number of amides is 3. The predicted octanol–water partition coefficient (Wildman–Crippen LogP) is 1.35. The Morgan fingerprint density at radius 2 is 2.23 bits per heavy atom. The zero-order valence-electron chi connectivity index (χ0n) is 14.1. The van der Waals surface area contributed by atoms with Gasteiger partial charge < -0.3 is 9.32 Å². The Kier molecular flexibility index (Phi) is 5.24. The summed E-state index contributed by atoms with van der Waals surface area (Å²) in [5.41, 5.74) is 0. The van der Waals surface area contributed by atoms with Gasteiger partial charge in [0.1, 0.15) is 12.3 Å². The van der Waals surface area contributed by atoms with Crippen molar-refractivity contribution in [2.24, 2.45) is 0 Å². The molecule has 1 aromatic heterocycles. The number of hydrogen-bond acceptors (Lipinski definition) is 7. The van der Waals surface area contributed by atoms with Crippen LogP contribution >= 0.6 is 11.8 Å². The second-order valence-corrected chi connectivity index (χ2v) is 9.24. The first-order valence-electron chi connectivity index (χ1n) is 8.09. The van der Waals surface area contributed by atoms with Crippen LogP contribution in [0.5, 0.6) is 0 Å². The van der Waals surface area contributed by atoms with E-state index in [4.69, 9.17) is 4.42 Å². The average Bonchev–Trinajstić information content (AvgIpc) is 3.26. The van der Waals surface area contributed by atoms with E-state index in [2.05, 4.69) is 0 Å². The maximum Gasteiger partial charge on any atom is 0.294 e. The van der Waals surface area contributed by atoms with Crippen molar-refractivity contribution >= 4 is 44.7 Å². The standard InChI is InChI=1S/C16H18N2O6S2/c1-2-17(11-5-7-26(22,23)10-11)14(19)9-18-15(20)13(25-16(18)21)8-12-4-3-6-24-12/h3-4,6,8,11H,2,5,7,9-10H2,1H3/b13-8+/t11-/m0/s1. The molecule has 2 fully saturated rings. The third-order valence-electron chi connectivity index (χ3n) is 4.29. The minimum Gasteiger partial charge on any atom is -0.465 e. The van der Waals surface area contributed by atoms with Crippen LogP contribution in [0.25, 0.3) is 6.08 Å². The summed E-state index contributed by atoms with van der Waals surface area (Å²) in [6.07, 6.45) is 3.28. The molecule has 1 atom stereocenters. The average molecular weight is 398 g/mol. The highest BCUT2D eigenvalue weighted by molar-refractivity contribution is 8.18. The lowest BCUT2D eigenvalue weighted by molar-refractivity contribution is -0.137. The van der Waals surface area contributed by atoms with Crippen LogP contribution in [0, 0.1) is 0 Å². The van der Waals surface area contributed by atoms with E-state index in [1.54, 1.807) is 19.1 Å². The molecule has 0 aromatic carbocycles. The van der Waals surface area contributed by atoms with Gasteiger partial charge in [0, 0.05) is 18.7 Å². The molecule has 3 amide bonds. The SMILES string of the molecule is CCN(C(=O)CN1C(=O)S/C(=C/c2ccco2)C1=O)[C@H]1CCS(=O)(=O)C1. The second-order valence-electron chi connectivity index (χ2n) is 6.02. The molecule has 2 saturated heterocycles. The van der Waals surface area contributed by atoms with Gasteiger partial charge >= 0.3 is 0 Å². The van der Waals surface area contributed by atoms with E-state index in [1.165, 1.54) is 17.2 Å². The molecule has 10 heteroatoms. The number of carbonyl (C=O) groups excluding carboxylic acids is 3. The molecule has 3 heterocycles. The summed E-state index contributed by atoms with van der Waals surface area (Å²) in [5, 5.41) is -0.531. The van der Waals surface area contributed by atoms with Crippen LogP contribution in [0.3, 0.4) is 0 Å². The van der Waals surface area contributed by atoms with Gasteiger partial charge in [-0.25, -0.2) is 8.42 Å². The number of furan rings is 1. The minimum absolute atomic E-state index is 0.0505. The maximum atomic E-state index is 12.6. The van der Waals surface area contributed by atoms with Crippen molar-refractivity contribution in [1.82, 2.24) is 9.80 Å². The molecule has 0 unspecified atom stereocenters. The molecule has 140 valence electrons. The second kappa shape index (κ2) is 7.28. The number of carbonyl (C=O) groups is 3. The Labute approximate surface area is 155 Å². The number of rotatable bonds is 5. The van der Waals surface area contributed by atoms with E-state index >= 15 is 0 Å². The molecule has 0 spiro atoms. The largest absolute Gasteiger partial charge is 0.465 e. The molecule has 0 bridgehead atoms. The molecule has 0 saturated carbocycles. The number of likely N-dealkylation sites (N-methyl/N-ethyl adjacent to an activating group) is 1. The van der Waals surface area contributed by atoms with Gasteiger partial charge in [-0.05, 0) is 37.2 Å². The van der Waals surface area contributed by atoms with Crippen molar-refractivity contribution in [3.05, 3.63) is 29.1 Å². The molecular weight excluding hydrogens is 380 g/mol. The Morgan fingerprint density at radius 3 is 2.81 bits per heavy atom. The number of hydrogen-bond donors (Lipinski definition) is 0. The third-order valence-corrected chi connectivity index (χ3v) is 6.95. The van der Waals surface area contributed by atoms with Crippen molar-refractivity contribution in [1.29, 1.82) is 0 Å². The molecule has 2 aliphatic heterocycles. The van der Waals surface area contributed by atoms with Crippen LogP contribution in [-0.4, -0.2) is 65.9 Å². The lowest BCUT2D eigenvalue weighted by atomic mass is 10.2. The summed E-state index contributed by atoms with van der Waals surface area (Å²) in [5.74, 6) is -0.578. The quantitative estimate of drug-likeness (QED) is 0.690. The summed E-state index contributed by atoms with van der Waals surface area (Å²) in [6, 6.07) is 2.91. The smallest absolute Gasteiger partial charge is 0.294 e. The first-order valence-corrected chi connectivity index (χ1v) is 10.7. The number of thioether (sulfide) groups is 1. The number of nitrogens with zero attached hydrogens (tertiary/aromatic N) is 2. The highest BCUT2D eigenvalue weighted by atomic mass is 32.2. The van der Waals surface area contributed by atoms with Crippen LogP contribution in [0.4, 0.5) is 4.79 Å². The molecular formula is C16H18N2O6S2. The van der Waals surface area contributed by atoms with Crippen LogP contribution in [0.2, 0.25) is 0 Å². The van der Waals surface area contributed by atoms with Gasteiger partial charge in [0.25, 0.3) is 11.1 Å². The summed E-state index contributed by atoms with van der Waals surface area (Å²) < 4.78 is 28.4. The van der Waals surface area contributed by atoms with Gasteiger partial charge in [0.2, 0.25) is 5.91 Å². The minimum atomic E-state index is -3.14. The first-order chi connectivity index (χ1) is 12.3. The molecule has 26 heavy (non-hydrogen) atoms. The number of sulfone groups is 1. The van der Waals surface area contributed by atoms with Gasteiger partial charge in [-0.1, -0.05) is 0 Å². The van der Waals surface area contributed by atoms with Gasteiger partial charge in [-0.15, -0.1) is 0 Å². The van der Waals surface area contributed by atoms with Gasteiger partial charge in [0.05, 0.1) is 22.7 Å². The first kappa shape index (κ1) is 18.7. The zero-order chi connectivity index (χ0) is 18.9. The van der Waals surface area contributed by atoms with Crippen LogP contribution in [0.1, 0.15) is 19.1 Å². The van der Waals surface area contributed by atoms with Crippen molar-refractivity contribution in [2.45, 2.75) is 19.4 Å². The van der Waals surface area contributed by atoms with Crippen LogP contribution in [-0.2, 0) is 19.4 Å². The molecule has 0 aliphatic carbocycles. The highest BCUT2D eigenvalue weighted by Gasteiger charge is 2.39. The number of imide groups is 1. The maximum absolute atomic E-state index is 12.6. The van der Waals surface area contributed by atoms with Crippen molar-refractivity contribution in [3.8, 4) is 0 Å². The Bertz CT molecular complexity index is 859. The van der Waals surface area contributed by atoms with E-state index in [-0.39, 0.29) is 16.4 Å². The lowest BCUT2D eigenvalue weighted by Gasteiger charge is -2.28. The van der Waals surface area contributed by atoms with Crippen molar-refractivity contribution < 1.29 is 27.2 Å². The van der Waals surface area contributed by atoms with E-state index < -0.39 is 39.5 Å². The van der Waals surface area contributed by atoms with Gasteiger partial charge in [-0.2, -0.15) is 0 Å². The lowest BCUT2D eigenvalue weighted by Crippen LogP contribution is -2.47. The molecule has 8 nitrogen and oxygen atoms in total. The molecule has 0 radical (unpaired) electrons. The fourth-order valence-electron chi connectivity index (χ4n) is 3.02. The van der Waals surface area contributed by atoms with Gasteiger partial charge in [-0.3, -0.25) is 19.3 Å². The zero-order valence-corrected chi connectivity index (χ0v) is 15.7. The normalized spacial score (nSPS) is 23.8. The van der Waals surface area contributed by atoms with E-state index in [9.17, 15) is 22.8 Å². The summed E-state index contributed by atoms with van der Waals surface area (Å²) in [4.78, 5) is 39.6. The van der Waals surface area contributed by atoms with Crippen molar-refractivity contribution in [2.75, 3.05) is 24.6 Å². The third kappa shape index (κ3) is 3.85. The topological polar surface area (TPSA) is 105 Å². The summed E-state index contributed by atoms with van der Waals surface area (Å²) in [6.45, 7) is 1.66. The molecule has 0 N–H and O–H groups in total. The van der Waals surface area contributed by atoms with Gasteiger partial charge in [0.15, 0.2) is 9.84 Å².